The van der Waals surface area contributed by atoms with Crippen molar-refractivity contribution in [3.8, 4) is 0 Å². The largest absolute Gasteiger partial charge is 0.399 e. The molecule has 1 fully saturated rings. The predicted molar refractivity (Wildman–Crippen MR) is 158 cm³/mol. The van der Waals surface area contributed by atoms with Gasteiger partial charge in [0.2, 0.25) is 0 Å². The summed E-state index contributed by atoms with van der Waals surface area (Å²) in [5.41, 5.74) is 12.9. The molecule has 0 unspecified atom stereocenters. The van der Waals surface area contributed by atoms with Gasteiger partial charge in [0.1, 0.15) is 0 Å². The number of nitrogens with zero attached hydrogens (tertiary/aromatic N) is 2. The maximum atomic E-state index is 13.0. The third-order valence-electron chi connectivity index (χ3n) is 8.36. The summed E-state index contributed by atoms with van der Waals surface area (Å²) in [4.78, 5) is 18.0. The van der Waals surface area contributed by atoms with Gasteiger partial charge in [0.25, 0.3) is 0 Å². The van der Waals surface area contributed by atoms with Gasteiger partial charge in [-0.05, 0) is 104 Å². The van der Waals surface area contributed by atoms with Crippen molar-refractivity contribution in [1.82, 2.24) is 9.80 Å². The highest BCUT2D eigenvalue weighted by molar-refractivity contribution is 6.31. The van der Waals surface area contributed by atoms with Crippen molar-refractivity contribution in [1.29, 1.82) is 0 Å². The first-order valence-corrected chi connectivity index (χ1v) is 14.6. The molecule has 3 aromatic rings. The Morgan fingerprint density at radius 2 is 1.61 bits per heavy atom. The molecule has 2 aliphatic heterocycles. The molecule has 5 rings (SSSR count). The first kappa shape index (κ1) is 26.9. The number of hydrogen-bond acceptors (Lipinski definition) is 4. The van der Waals surface area contributed by atoms with Gasteiger partial charge < -0.3 is 5.73 Å². The number of benzene rings is 3. The van der Waals surface area contributed by atoms with Crippen LogP contribution in [0.4, 0.5) is 5.69 Å². The Hall–Kier alpha value is -2.66. The van der Waals surface area contributed by atoms with Crippen molar-refractivity contribution in [3.63, 3.8) is 0 Å². The van der Waals surface area contributed by atoms with Gasteiger partial charge in [-0.3, -0.25) is 14.6 Å². The number of fused-ring (bicyclic) bond motifs is 1. The lowest BCUT2D eigenvalue weighted by Crippen LogP contribution is -2.33. The second kappa shape index (κ2) is 12.9. The van der Waals surface area contributed by atoms with E-state index in [9.17, 15) is 4.79 Å². The third kappa shape index (κ3) is 7.25. The van der Waals surface area contributed by atoms with Crippen LogP contribution >= 0.6 is 11.6 Å². The van der Waals surface area contributed by atoms with Crippen LogP contribution in [0.15, 0.2) is 66.7 Å². The highest BCUT2D eigenvalue weighted by Crippen LogP contribution is 2.26. The Kier molecular flexibility index (Phi) is 9.16. The van der Waals surface area contributed by atoms with Crippen LogP contribution in [0.25, 0.3) is 0 Å². The van der Waals surface area contributed by atoms with Gasteiger partial charge in [-0.2, -0.15) is 0 Å². The summed E-state index contributed by atoms with van der Waals surface area (Å²) in [6, 6.07) is 22.8. The fourth-order valence-corrected chi connectivity index (χ4v) is 6.24. The van der Waals surface area contributed by atoms with E-state index in [2.05, 4.69) is 52.3 Å². The molecule has 0 aromatic heterocycles. The number of carbonyl (C=O) groups excluding carboxylic acids is 1. The molecule has 4 nitrogen and oxygen atoms in total. The lowest BCUT2D eigenvalue weighted by molar-refractivity contribution is 0.0974. The number of nitrogen functional groups attached to an aromatic ring is 1. The smallest absolute Gasteiger partial charge is 0.162 e. The fourth-order valence-electron chi connectivity index (χ4n) is 6.05. The fraction of sp³-hybridized carbons (Fsp3) is 0.424. The number of likely N-dealkylation sites (tertiary alicyclic amines) is 1. The summed E-state index contributed by atoms with van der Waals surface area (Å²) < 4.78 is 0. The van der Waals surface area contributed by atoms with Gasteiger partial charge in [-0.25, -0.2) is 0 Å². The zero-order chi connectivity index (χ0) is 26.3. The van der Waals surface area contributed by atoms with E-state index in [1.807, 2.05) is 24.3 Å². The molecule has 2 N–H and O–H groups in total. The lowest BCUT2D eigenvalue weighted by Gasteiger charge is -2.32. The number of carbonyl (C=O) groups is 1. The van der Waals surface area contributed by atoms with E-state index >= 15 is 0 Å². The summed E-state index contributed by atoms with van der Waals surface area (Å²) >= 11 is 6.34. The lowest BCUT2D eigenvalue weighted by atomic mass is 9.90. The average molecular weight is 530 g/mol. The van der Waals surface area contributed by atoms with Gasteiger partial charge >= 0.3 is 0 Å². The predicted octanol–water partition coefficient (Wildman–Crippen LogP) is 6.79. The Bertz CT molecular complexity index is 1230. The Morgan fingerprint density at radius 3 is 2.39 bits per heavy atom. The highest BCUT2D eigenvalue weighted by Gasteiger charge is 2.21. The summed E-state index contributed by atoms with van der Waals surface area (Å²) in [5, 5.41) is 0.862. The van der Waals surface area contributed by atoms with Gasteiger partial charge in [0, 0.05) is 48.9 Å². The summed E-state index contributed by atoms with van der Waals surface area (Å²) in [6.45, 7) is 6.12. The molecule has 0 saturated carbocycles. The molecular formula is C33H40ClN3O. The van der Waals surface area contributed by atoms with Crippen molar-refractivity contribution in [3.05, 3.63) is 99.6 Å². The molecule has 0 amide bonds. The molecule has 0 radical (unpaired) electrons. The van der Waals surface area contributed by atoms with Crippen molar-refractivity contribution >= 4 is 23.1 Å². The minimum Gasteiger partial charge on any atom is -0.399 e. The molecule has 5 heteroatoms. The molecular weight excluding hydrogens is 490 g/mol. The van der Waals surface area contributed by atoms with Crippen LogP contribution in [0.3, 0.4) is 0 Å². The van der Waals surface area contributed by atoms with E-state index in [1.165, 1.54) is 35.1 Å². The molecule has 0 bridgehead atoms. The molecule has 38 heavy (non-hydrogen) atoms. The van der Waals surface area contributed by atoms with Crippen LogP contribution < -0.4 is 5.73 Å². The van der Waals surface area contributed by atoms with Crippen LogP contribution in [0.5, 0.6) is 0 Å². The van der Waals surface area contributed by atoms with Crippen molar-refractivity contribution in [2.75, 3.05) is 31.9 Å². The average Bonchev–Trinajstić information content (AvgIpc) is 3.13. The van der Waals surface area contributed by atoms with Gasteiger partial charge in [-0.1, -0.05) is 54.1 Å². The normalized spacial score (nSPS) is 17.2. The van der Waals surface area contributed by atoms with E-state index in [-0.39, 0.29) is 0 Å². The van der Waals surface area contributed by atoms with Gasteiger partial charge in [0.05, 0.1) is 0 Å². The standard InChI is InChI=1S/C33H40ClN3O/c34-32-9-2-1-7-30(32)24-37-17-13-25(14-18-37)5-4-10-33(38)29-12-11-27-15-19-36(20-16-28(27)22-29)23-26-6-3-8-31(35)21-26/h1-3,6-9,11-12,21-22,25H,4-5,10,13-20,23-24,35H2. The summed E-state index contributed by atoms with van der Waals surface area (Å²) in [6.07, 6.45) is 7.23. The molecule has 2 aliphatic rings. The second-order valence-corrected chi connectivity index (χ2v) is 11.5. The molecule has 3 aromatic carbocycles. The van der Waals surface area contributed by atoms with E-state index in [1.54, 1.807) is 0 Å². The zero-order valence-electron chi connectivity index (χ0n) is 22.4. The number of piperidine rings is 1. The Balaban J connectivity index is 1.05. The molecule has 2 heterocycles. The minimum atomic E-state index is 0.296. The molecule has 0 aliphatic carbocycles. The molecule has 0 atom stereocenters. The van der Waals surface area contributed by atoms with Crippen LogP contribution in [0, 0.1) is 5.92 Å². The summed E-state index contributed by atoms with van der Waals surface area (Å²) in [5.74, 6) is 1.02. The number of ketones is 1. The Morgan fingerprint density at radius 1 is 0.842 bits per heavy atom. The zero-order valence-corrected chi connectivity index (χ0v) is 23.1. The molecule has 200 valence electrons. The maximum Gasteiger partial charge on any atom is 0.162 e. The van der Waals surface area contributed by atoms with E-state index in [0.29, 0.717) is 12.2 Å². The van der Waals surface area contributed by atoms with Crippen LogP contribution in [-0.2, 0) is 25.9 Å². The number of anilines is 1. The Labute approximate surface area is 232 Å². The van der Waals surface area contributed by atoms with Gasteiger partial charge in [-0.15, -0.1) is 0 Å². The first-order chi connectivity index (χ1) is 18.5. The number of Topliss-reactive ketones (excluding diaryl/α,β-unsaturated/α-hetero) is 1. The quantitative estimate of drug-likeness (QED) is 0.245. The molecule has 1 saturated heterocycles. The summed E-state index contributed by atoms with van der Waals surface area (Å²) in [7, 11) is 0. The first-order valence-electron chi connectivity index (χ1n) is 14.2. The number of nitrogens with two attached hydrogens (primary N) is 1. The van der Waals surface area contributed by atoms with Gasteiger partial charge in [0.15, 0.2) is 5.78 Å². The van der Waals surface area contributed by atoms with Crippen molar-refractivity contribution in [2.24, 2.45) is 5.92 Å². The van der Waals surface area contributed by atoms with Crippen molar-refractivity contribution in [2.45, 2.75) is 58.0 Å². The number of halogens is 1. The SMILES string of the molecule is Nc1cccc(CN2CCc3ccc(C(=O)CCCC4CCN(Cc5ccccc5Cl)CC4)cc3CC2)c1. The van der Waals surface area contributed by atoms with E-state index in [4.69, 9.17) is 17.3 Å². The van der Waals surface area contributed by atoms with Crippen LogP contribution in [-0.4, -0.2) is 41.8 Å². The van der Waals surface area contributed by atoms with Crippen molar-refractivity contribution < 1.29 is 4.79 Å². The minimum absolute atomic E-state index is 0.296. The highest BCUT2D eigenvalue weighted by atomic mass is 35.5. The topological polar surface area (TPSA) is 49.6 Å². The van der Waals surface area contributed by atoms with Crippen LogP contribution in [0.1, 0.15) is 64.7 Å². The monoisotopic (exact) mass is 529 g/mol. The molecule has 0 spiro atoms. The van der Waals surface area contributed by atoms with Crippen LogP contribution in [0.2, 0.25) is 5.02 Å². The second-order valence-electron chi connectivity index (χ2n) is 11.1. The third-order valence-corrected chi connectivity index (χ3v) is 8.72. The van der Waals surface area contributed by atoms with E-state index in [0.717, 1.165) is 87.1 Å². The number of rotatable bonds is 9. The number of hydrogen-bond donors (Lipinski definition) is 1. The van der Waals surface area contributed by atoms with E-state index < -0.39 is 0 Å². The maximum absolute atomic E-state index is 13.0.